The molecule has 36 heavy (non-hydrogen) atoms. The highest BCUT2D eigenvalue weighted by Gasteiger charge is 2.35. The lowest BCUT2D eigenvalue weighted by molar-refractivity contribution is -0.149. The van der Waals surface area contributed by atoms with Gasteiger partial charge < -0.3 is 14.2 Å². The minimum absolute atomic E-state index is 0.0491. The third-order valence-corrected chi connectivity index (χ3v) is 6.73. The molecule has 0 aliphatic carbocycles. The number of hydrogen-bond donors (Lipinski definition) is 0. The van der Waals surface area contributed by atoms with E-state index in [0.717, 1.165) is 28.3 Å². The van der Waals surface area contributed by atoms with Crippen molar-refractivity contribution in [2.24, 2.45) is 11.0 Å². The van der Waals surface area contributed by atoms with E-state index in [-0.39, 0.29) is 30.4 Å². The number of esters is 1. The molecule has 192 valence electrons. The Hall–Kier alpha value is -3.39. The second-order valence-electron chi connectivity index (χ2n) is 9.04. The fraction of sp³-hybridized carbons (Fsp3) is 0.464. The molecule has 0 saturated carbocycles. The number of piperidine rings is 1. The van der Waals surface area contributed by atoms with Crippen molar-refractivity contribution < 1.29 is 23.8 Å². The Morgan fingerprint density at radius 1 is 0.944 bits per heavy atom. The summed E-state index contributed by atoms with van der Waals surface area (Å²) in [4.78, 5) is 27.7. The van der Waals surface area contributed by atoms with Gasteiger partial charge in [0.25, 0.3) is 5.91 Å². The lowest BCUT2D eigenvalue weighted by Gasteiger charge is -2.32. The Labute approximate surface area is 212 Å². The average Bonchev–Trinajstić information content (AvgIpc) is 3.36. The quantitative estimate of drug-likeness (QED) is 0.491. The zero-order chi connectivity index (χ0) is 25.5. The van der Waals surface area contributed by atoms with Crippen LogP contribution >= 0.6 is 0 Å². The number of nitrogens with zero attached hydrogens (tertiary/aromatic N) is 3. The van der Waals surface area contributed by atoms with Crippen LogP contribution < -0.4 is 9.47 Å². The summed E-state index contributed by atoms with van der Waals surface area (Å²) in [5.74, 6) is 1.32. The van der Waals surface area contributed by atoms with Gasteiger partial charge in [-0.1, -0.05) is 12.1 Å². The molecule has 8 heteroatoms. The maximum Gasteiger partial charge on any atom is 0.309 e. The van der Waals surface area contributed by atoms with Gasteiger partial charge >= 0.3 is 5.97 Å². The second-order valence-corrected chi connectivity index (χ2v) is 9.04. The number of ether oxygens (including phenoxy) is 3. The van der Waals surface area contributed by atoms with E-state index in [1.54, 1.807) is 12.1 Å². The van der Waals surface area contributed by atoms with Crippen molar-refractivity contribution in [2.75, 3.05) is 40.0 Å². The van der Waals surface area contributed by atoms with Gasteiger partial charge in [0.1, 0.15) is 11.5 Å². The molecular formula is C28H35N3O5. The zero-order valence-corrected chi connectivity index (χ0v) is 21.3. The maximum absolute atomic E-state index is 13.5. The van der Waals surface area contributed by atoms with Gasteiger partial charge in [-0.2, -0.15) is 5.10 Å². The number of methoxy groups -OCH3 is 1. The first kappa shape index (κ1) is 25.7. The minimum Gasteiger partial charge on any atom is -0.497 e. The summed E-state index contributed by atoms with van der Waals surface area (Å²) in [5.41, 5.74) is 2.85. The number of hydrogen-bond acceptors (Lipinski definition) is 7. The molecule has 2 aromatic carbocycles. The third kappa shape index (κ3) is 6.05. The predicted molar refractivity (Wildman–Crippen MR) is 137 cm³/mol. The molecule has 2 aromatic rings. The first-order valence-electron chi connectivity index (χ1n) is 12.7. The molecule has 0 aromatic heterocycles. The SMILES string of the molecule is CCOC(=O)C1CCN(CC(=O)N2N=C(c3ccc(OC)cc3)C[C@@H]2c2ccc(OCC)cc2)CC1. The van der Waals surface area contributed by atoms with Crippen LogP contribution in [0.2, 0.25) is 0 Å². The van der Waals surface area contributed by atoms with Crippen LogP contribution in [0.25, 0.3) is 0 Å². The fourth-order valence-corrected chi connectivity index (χ4v) is 4.76. The summed E-state index contributed by atoms with van der Waals surface area (Å²) >= 11 is 0. The summed E-state index contributed by atoms with van der Waals surface area (Å²) in [5, 5.41) is 6.42. The van der Waals surface area contributed by atoms with Crippen LogP contribution in [0, 0.1) is 5.92 Å². The summed E-state index contributed by atoms with van der Waals surface area (Å²) in [6, 6.07) is 15.5. The van der Waals surface area contributed by atoms with Gasteiger partial charge in [0.15, 0.2) is 0 Å². The van der Waals surface area contributed by atoms with E-state index in [1.807, 2.05) is 62.4 Å². The van der Waals surface area contributed by atoms with Crippen LogP contribution in [0.5, 0.6) is 11.5 Å². The highest BCUT2D eigenvalue weighted by atomic mass is 16.5. The molecule has 1 saturated heterocycles. The van der Waals surface area contributed by atoms with Crippen LogP contribution in [-0.4, -0.2) is 67.5 Å². The zero-order valence-electron chi connectivity index (χ0n) is 21.3. The number of hydrazone groups is 1. The van der Waals surface area contributed by atoms with Crippen molar-refractivity contribution >= 4 is 17.6 Å². The number of carbonyl (C=O) groups excluding carboxylic acids is 2. The first-order chi connectivity index (χ1) is 17.5. The molecule has 0 spiro atoms. The van der Waals surface area contributed by atoms with E-state index < -0.39 is 0 Å². The van der Waals surface area contributed by atoms with Crippen molar-refractivity contribution in [3.05, 3.63) is 59.7 Å². The van der Waals surface area contributed by atoms with Gasteiger partial charge in [0, 0.05) is 6.42 Å². The normalized spacial score (nSPS) is 18.6. The number of benzene rings is 2. The third-order valence-electron chi connectivity index (χ3n) is 6.73. The molecule has 0 bridgehead atoms. The van der Waals surface area contributed by atoms with Crippen LogP contribution in [-0.2, 0) is 14.3 Å². The monoisotopic (exact) mass is 493 g/mol. The van der Waals surface area contributed by atoms with Crippen molar-refractivity contribution in [3.63, 3.8) is 0 Å². The van der Waals surface area contributed by atoms with Crippen molar-refractivity contribution in [1.29, 1.82) is 0 Å². The van der Waals surface area contributed by atoms with E-state index in [9.17, 15) is 9.59 Å². The molecule has 1 fully saturated rings. The molecule has 0 N–H and O–H groups in total. The van der Waals surface area contributed by atoms with E-state index >= 15 is 0 Å². The number of carbonyl (C=O) groups is 2. The molecule has 2 heterocycles. The standard InChI is InChI=1S/C28H35N3O5/c1-4-35-24-12-8-21(9-13-24)26-18-25(20-6-10-23(34-3)11-7-20)29-31(26)27(32)19-30-16-14-22(15-17-30)28(33)36-5-2/h6-13,22,26H,4-5,14-19H2,1-3H3/t26-/m1/s1. The fourth-order valence-electron chi connectivity index (χ4n) is 4.76. The smallest absolute Gasteiger partial charge is 0.309 e. The van der Waals surface area contributed by atoms with E-state index in [2.05, 4.69) is 4.90 Å². The van der Waals surface area contributed by atoms with Gasteiger partial charge in [-0.15, -0.1) is 0 Å². The highest BCUT2D eigenvalue weighted by molar-refractivity contribution is 6.03. The number of rotatable bonds is 9. The topological polar surface area (TPSA) is 80.7 Å². The summed E-state index contributed by atoms with van der Waals surface area (Å²) in [6.45, 7) is 6.41. The average molecular weight is 494 g/mol. The Kier molecular flexibility index (Phi) is 8.59. The Morgan fingerprint density at radius 2 is 1.61 bits per heavy atom. The van der Waals surface area contributed by atoms with Crippen LogP contribution in [0.1, 0.15) is 50.3 Å². The van der Waals surface area contributed by atoms with Crippen LogP contribution in [0.3, 0.4) is 0 Å². The molecule has 4 rings (SSSR count). The second kappa shape index (κ2) is 12.0. The summed E-state index contributed by atoms with van der Waals surface area (Å²) in [6.07, 6.45) is 2.03. The van der Waals surface area contributed by atoms with Crippen molar-refractivity contribution in [1.82, 2.24) is 9.91 Å². The largest absolute Gasteiger partial charge is 0.497 e. The van der Waals surface area contributed by atoms with Gasteiger partial charge in [0.05, 0.1) is 44.5 Å². The van der Waals surface area contributed by atoms with Gasteiger partial charge in [-0.25, -0.2) is 5.01 Å². The molecule has 1 atom stereocenters. The molecule has 0 radical (unpaired) electrons. The lowest BCUT2D eigenvalue weighted by atomic mass is 9.97. The van der Waals surface area contributed by atoms with E-state index in [4.69, 9.17) is 19.3 Å². The molecule has 1 amide bonds. The first-order valence-corrected chi connectivity index (χ1v) is 12.7. The van der Waals surface area contributed by atoms with E-state index in [1.165, 1.54) is 0 Å². The van der Waals surface area contributed by atoms with Crippen molar-refractivity contribution in [2.45, 2.75) is 39.2 Å². The molecule has 8 nitrogen and oxygen atoms in total. The highest BCUT2D eigenvalue weighted by Crippen LogP contribution is 2.34. The molecule has 2 aliphatic rings. The lowest BCUT2D eigenvalue weighted by Crippen LogP contribution is -2.43. The maximum atomic E-state index is 13.5. The van der Waals surface area contributed by atoms with Crippen LogP contribution in [0.4, 0.5) is 0 Å². The van der Waals surface area contributed by atoms with Gasteiger partial charge in [0.2, 0.25) is 0 Å². The molecular weight excluding hydrogens is 458 g/mol. The van der Waals surface area contributed by atoms with Gasteiger partial charge in [-0.3, -0.25) is 14.5 Å². The Bertz CT molecular complexity index is 1060. The summed E-state index contributed by atoms with van der Waals surface area (Å²) < 4.78 is 16.0. The van der Waals surface area contributed by atoms with Crippen molar-refractivity contribution in [3.8, 4) is 11.5 Å². The van der Waals surface area contributed by atoms with Gasteiger partial charge in [-0.05, 0) is 87.3 Å². The van der Waals surface area contributed by atoms with Crippen LogP contribution in [0.15, 0.2) is 53.6 Å². The summed E-state index contributed by atoms with van der Waals surface area (Å²) in [7, 11) is 1.64. The Balaban J connectivity index is 1.49. The predicted octanol–water partition coefficient (Wildman–Crippen LogP) is 4.05. The number of likely N-dealkylation sites (tertiary alicyclic amines) is 1. The Morgan fingerprint density at radius 3 is 2.22 bits per heavy atom. The number of amides is 1. The molecule has 0 unspecified atom stereocenters. The van der Waals surface area contributed by atoms with E-state index in [0.29, 0.717) is 45.6 Å². The minimum atomic E-state index is -0.192. The molecule has 2 aliphatic heterocycles.